The van der Waals surface area contributed by atoms with Crippen molar-refractivity contribution in [2.24, 2.45) is 0 Å². The molecule has 0 unspecified atom stereocenters. The molecule has 0 bridgehead atoms. The van der Waals surface area contributed by atoms with Crippen LogP contribution in [0.2, 0.25) is 0 Å². The number of benzene rings is 2. The second kappa shape index (κ2) is 7.60. The minimum atomic E-state index is -0.0269. The smallest absolute Gasteiger partial charge is 0.253 e. The maximum atomic E-state index is 12.7. The van der Waals surface area contributed by atoms with Crippen molar-refractivity contribution in [3.05, 3.63) is 59.7 Å². The van der Waals surface area contributed by atoms with E-state index in [9.17, 15) is 9.59 Å². The summed E-state index contributed by atoms with van der Waals surface area (Å²) >= 11 is 0. The van der Waals surface area contributed by atoms with Crippen LogP contribution >= 0.6 is 0 Å². The molecule has 1 aliphatic heterocycles. The molecule has 0 N–H and O–H groups in total. The number of hydrogen-bond donors (Lipinski definition) is 0. The summed E-state index contributed by atoms with van der Waals surface area (Å²) in [6.07, 6.45) is 1.50. The molecule has 5 heteroatoms. The molecule has 0 aromatic heterocycles. The molecule has 1 aliphatic rings. The van der Waals surface area contributed by atoms with Crippen molar-refractivity contribution in [1.29, 1.82) is 0 Å². The maximum absolute atomic E-state index is 12.7. The van der Waals surface area contributed by atoms with E-state index in [1.807, 2.05) is 43.3 Å². The van der Waals surface area contributed by atoms with Gasteiger partial charge in [-0.05, 0) is 48.4 Å². The fourth-order valence-electron chi connectivity index (χ4n) is 3.17. The number of anilines is 2. The van der Waals surface area contributed by atoms with Crippen LogP contribution in [0.3, 0.4) is 0 Å². The molecule has 0 saturated carbocycles. The zero-order valence-corrected chi connectivity index (χ0v) is 15.6. The fourth-order valence-corrected chi connectivity index (χ4v) is 3.17. The van der Waals surface area contributed by atoms with Gasteiger partial charge in [-0.3, -0.25) is 9.59 Å². The predicted octanol–water partition coefficient (Wildman–Crippen LogP) is 3.15. The van der Waals surface area contributed by atoms with Crippen LogP contribution in [-0.2, 0) is 11.3 Å². The summed E-state index contributed by atoms with van der Waals surface area (Å²) < 4.78 is 0. The van der Waals surface area contributed by atoms with Gasteiger partial charge in [-0.2, -0.15) is 0 Å². The molecule has 1 saturated heterocycles. The van der Waals surface area contributed by atoms with Gasteiger partial charge in [0, 0.05) is 57.6 Å². The summed E-state index contributed by atoms with van der Waals surface area (Å²) in [5.74, 6) is 0.128. The van der Waals surface area contributed by atoms with E-state index >= 15 is 0 Å². The van der Waals surface area contributed by atoms with E-state index in [1.165, 1.54) is 0 Å². The first-order valence-electron chi connectivity index (χ1n) is 8.88. The van der Waals surface area contributed by atoms with E-state index in [2.05, 4.69) is 12.1 Å². The highest BCUT2D eigenvalue weighted by Gasteiger charge is 2.22. The van der Waals surface area contributed by atoms with Gasteiger partial charge < -0.3 is 14.7 Å². The fraction of sp³-hybridized carbons (Fsp3) is 0.333. The molecule has 0 aliphatic carbocycles. The second-order valence-electron chi connectivity index (χ2n) is 6.92. The Labute approximate surface area is 154 Å². The van der Waals surface area contributed by atoms with Crippen LogP contribution in [0.1, 0.15) is 28.8 Å². The number of amides is 2. The van der Waals surface area contributed by atoms with Gasteiger partial charge in [0.15, 0.2) is 0 Å². The Hall–Kier alpha value is -2.82. The normalized spacial score (nSPS) is 13.8. The van der Waals surface area contributed by atoms with Crippen molar-refractivity contribution in [3.8, 4) is 0 Å². The molecule has 5 nitrogen and oxygen atoms in total. The van der Waals surface area contributed by atoms with Gasteiger partial charge in [-0.1, -0.05) is 12.1 Å². The lowest BCUT2D eigenvalue weighted by atomic mass is 10.1. The number of carbonyl (C=O) groups excluding carboxylic acids is 2. The molecule has 0 atom stereocenters. The lowest BCUT2D eigenvalue weighted by Gasteiger charge is -2.20. The van der Waals surface area contributed by atoms with Crippen LogP contribution in [0.4, 0.5) is 11.4 Å². The monoisotopic (exact) mass is 351 g/mol. The van der Waals surface area contributed by atoms with E-state index in [1.54, 1.807) is 29.0 Å². The maximum Gasteiger partial charge on any atom is 0.253 e. The Bertz CT molecular complexity index is 782. The zero-order valence-electron chi connectivity index (χ0n) is 15.6. The number of hydrogen-bond acceptors (Lipinski definition) is 3. The van der Waals surface area contributed by atoms with Crippen molar-refractivity contribution < 1.29 is 9.59 Å². The van der Waals surface area contributed by atoms with E-state index < -0.39 is 0 Å². The van der Waals surface area contributed by atoms with Crippen molar-refractivity contribution in [3.63, 3.8) is 0 Å². The zero-order chi connectivity index (χ0) is 18.7. The van der Waals surface area contributed by atoms with Gasteiger partial charge in [0.05, 0.1) is 0 Å². The van der Waals surface area contributed by atoms with E-state index in [0.717, 1.165) is 29.9 Å². The molecular formula is C21H25N3O2. The second-order valence-corrected chi connectivity index (χ2v) is 6.92. The first kappa shape index (κ1) is 18.0. The SMILES string of the molecule is CN(Cc1ccc(N(C)C)cc1)C(=O)c1ccc(N2CCCC2=O)cc1. The van der Waals surface area contributed by atoms with E-state index in [0.29, 0.717) is 18.5 Å². The standard InChI is InChI=1S/C21H25N3O2/c1-22(2)18-10-6-16(7-11-18)15-23(3)21(26)17-8-12-19(13-9-17)24-14-4-5-20(24)25/h6-13H,4-5,14-15H2,1-3H3. The van der Waals surface area contributed by atoms with Gasteiger partial charge in [-0.15, -0.1) is 0 Å². The van der Waals surface area contributed by atoms with Crippen LogP contribution < -0.4 is 9.80 Å². The molecule has 26 heavy (non-hydrogen) atoms. The van der Waals surface area contributed by atoms with Crippen LogP contribution in [0.15, 0.2) is 48.5 Å². The third-order valence-corrected chi connectivity index (χ3v) is 4.72. The molecule has 0 radical (unpaired) electrons. The predicted molar refractivity (Wildman–Crippen MR) is 105 cm³/mol. The van der Waals surface area contributed by atoms with Gasteiger partial charge in [0.25, 0.3) is 5.91 Å². The number of carbonyl (C=O) groups is 2. The van der Waals surface area contributed by atoms with Crippen LogP contribution in [0.5, 0.6) is 0 Å². The Kier molecular flexibility index (Phi) is 5.26. The van der Waals surface area contributed by atoms with E-state index in [-0.39, 0.29) is 11.8 Å². The molecule has 1 heterocycles. The topological polar surface area (TPSA) is 43.9 Å². The van der Waals surface area contributed by atoms with Crippen molar-refractivity contribution >= 4 is 23.2 Å². The average molecular weight is 351 g/mol. The molecule has 2 aromatic rings. The van der Waals surface area contributed by atoms with Crippen molar-refractivity contribution in [2.75, 3.05) is 37.5 Å². The van der Waals surface area contributed by atoms with Crippen molar-refractivity contribution in [1.82, 2.24) is 4.90 Å². The highest BCUT2D eigenvalue weighted by molar-refractivity contribution is 5.97. The minimum absolute atomic E-state index is 0.0269. The molecular weight excluding hydrogens is 326 g/mol. The van der Waals surface area contributed by atoms with Crippen LogP contribution in [0, 0.1) is 0 Å². The first-order valence-corrected chi connectivity index (χ1v) is 8.88. The molecule has 136 valence electrons. The van der Waals surface area contributed by atoms with E-state index in [4.69, 9.17) is 0 Å². The third kappa shape index (κ3) is 3.87. The third-order valence-electron chi connectivity index (χ3n) is 4.72. The average Bonchev–Trinajstić information content (AvgIpc) is 3.07. The highest BCUT2D eigenvalue weighted by atomic mass is 16.2. The summed E-state index contributed by atoms with van der Waals surface area (Å²) in [4.78, 5) is 30.0. The van der Waals surface area contributed by atoms with Crippen molar-refractivity contribution in [2.45, 2.75) is 19.4 Å². The molecule has 1 fully saturated rings. The lowest BCUT2D eigenvalue weighted by molar-refractivity contribution is -0.117. The Morgan fingerprint density at radius 1 is 1.00 bits per heavy atom. The van der Waals surface area contributed by atoms with Gasteiger partial charge in [0.1, 0.15) is 0 Å². The summed E-state index contributed by atoms with van der Waals surface area (Å²) in [5.41, 5.74) is 3.72. The minimum Gasteiger partial charge on any atom is -0.378 e. The van der Waals surface area contributed by atoms with Gasteiger partial charge >= 0.3 is 0 Å². The Balaban J connectivity index is 1.65. The van der Waals surface area contributed by atoms with Gasteiger partial charge in [0.2, 0.25) is 5.91 Å². The quantitative estimate of drug-likeness (QED) is 0.831. The molecule has 2 amide bonds. The van der Waals surface area contributed by atoms with Gasteiger partial charge in [-0.25, -0.2) is 0 Å². The van der Waals surface area contributed by atoms with Crippen LogP contribution in [0.25, 0.3) is 0 Å². The molecule has 3 rings (SSSR count). The molecule has 2 aromatic carbocycles. The summed E-state index contributed by atoms with van der Waals surface area (Å²) in [6, 6.07) is 15.5. The summed E-state index contributed by atoms with van der Waals surface area (Å²) in [7, 11) is 5.81. The van der Waals surface area contributed by atoms with Crippen LogP contribution in [-0.4, -0.2) is 44.4 Å². The lowest BCUT2D eigenvalue weighted by Crippen LogP contribution is -2.27. The Morgan fingerprint density at radius 3 is 2.19 bits per heavy atom. The molecule has 0 spiro atoms. The number of nitrogens with zero attached hydrogens (tertiary/aromatic N) is 3. The largest absolute Gasteiger partial charge is 0.378 e. The summed E-state index contributed by atoms with van der Waals surface area (Å²) in [6.45, 7) is 1.31. The highest BCUT2D eigenvalue weighted by Crippen LogP contribution is 2.22. The summed E-state index contributed by atoms with van der Waals surface area (Å²) in [5, 5.41) is 0. The number of rotatable bonds is 5. The Morgan fingerprint density at radius 2 is 1.65 bits per heavy atom. The first-order chi connectivity index (χ1) is 12.5.